The van der Waals surface area contributed by atoms with Gasteiger partial charge in [0.15, 0.2) is 0 Å². The maximum atomic E-state index is 5.50. The summed E-state index contributed by atoms with van der Waals surface area (Å²) in [6.07, 6.45) is 5.75. The van der Waals surface area contributed by atoms with Crippen LogP contribution in [0.4, 0.5) is 0 Å². The van der Waals surface area contributed by atoms with Crippen LogP contribution in [-0.2, 0) is 0 Å². The Morgan fingerprint density at radius 3 is 2.83 bits per heavy atom. The van der Waals surface area contributed by atoms with Gasteiger partial charge in [0, 0.05) is 0 Å². The van der Waals surface area contributed by atoms with E-state index in [1.54, 1.807) is 0 Å². The van der Waals surface area contributed by atoms with Crippen molar-refractivity contribution in [1.82, 2.24) is 5.32 Å². The van der Waals surface area contributed by atoms with Gasteiger partial charge in [0.1, 0.15) is 0 Å². The third kappa shape index (κ3) is 4.73. The van der Waals surface area contributed by atoms with Gasteiger partial charge in [0.05, 0.1) is 0 Å². The largest absolute Gasteiger partial charge is 0.330 e. The van der Waals surface area contributed by atoms with Gasteiger partial charge in [-0.25, -0.2) is 0 Å². The lowest BCUT2D eigenvalue weighted by atomic mass is 10.2. The number of hydrogen-bond donors (Lipinski definition) is 2. The Hall–Kier alpha value is -0.0800. The zero-order valence-electron chi connectivity index (χ0n) is 8.18. The Morgan fingerprint density at radius 1 is 1.50 bits per heavy atom. The zero-order valence-corrected chi connectivity index (χ0v) is 8.18. The molecule has 1 aliphatic rings. The highest BCUT2D eigenvalue weighted by Gasteiger charge is 2.19. The zero-order chi connectivity index (χ0) is 8.81. The summed E-state index contributed by atoms with van der Waals surface area (Å²) >= 11 is 0. The average Bonchev–Trinajstić information content (AvgIpc) is 2.87. The molecule has 0 saturated heterocycles. The minimum atomic E-state index is 0.630. The first kappa shape index (κ1) is 10.0. The van der Waals surface area contributed by atoms with Crippen molar-refractivity contribution in [1.29, 1.82) is 0 Å². The highest BCUT2D eigenvalue weighted by Crippen LogP contribution is 2.33. The first-order valence-corrected chi connectivity index (χ1v) is 5.23. The number of nitrogens with two attached hydrogens (primary N) is 1. The molecule has 0 spiro atoms. The lowest BCUT2D eigenvalue weighted by Gasteiger charge is -2.09. The molecule has 1 saturated carbocycles. The highest BCUT2D eigenvalue weighted by atomic mass is 14.9. The minimum Gasteiger partial charge on any atom is -0.330 e. The van der Waals surface area contributed by atoms with Crippen LogP contribution in [0.1, 0.15) is 32.6 Å². The van der Waals surface area contributed by atoms with Crippen molar-refractivity contribution >= 4 is 0 Å². The minimum absolute atomic E-state index is 0.630. The van der Waals surface area contributed by atoms with Gasteiger partial charge in [0.25, 0.3) is 0 Å². The van der Waals surface area contributed by atoms with Crippen LogP contribution in [0.25, 0.3) is 0 Å². The van der Waals surface area contributed by atoms with Gasteiger partial charge in [-0.05, 0) is 44.3 Å². The second-order valence-corrected chi connectivity index (χ2v) is 4.13. The third-order valence-electron chi connectivity index (χ3n) is 2.56. The van der Waals surface area contributed by atoms with E-state index in [9.17, 15) is 0 Å². The number of hydrogen-bond acceptors (Lipinski definition) is 2. The highest BCUT2D eigenvalue weighted by molar-refractivity contribution is 4.73. The summed E-state index contributed by atoms with van der Waals surface area (Å²) in [6, 6.07) is 0. The smallest absolute Gasteiger partial charge is 0.00111 e. The van der Waals surface area contributed by atoms with Crippen LogP contribution in [0.2, 0.25) is 0 Å². The van der Waals surface area contributed by atoms with E-state index in [-0.39, 0.29) is 0 Å². The van der Waals surface area contributed by atoms with Crippen molar-refractivity contribution in [2.45, 2.75) is 32.6 Å². The predicted molar refractivity (Wildman–Crippen MR) is 53.0 cm³/mol. The molecule has 12 heavy (non-hydrogen) atoms. The van der Waals surface area contributed by atoms with Gasteiger partial charge in [-0.3, -0.25) is 0 Å². The molecule has 72 valence electrons. The lowest BCUT2D eigenvalue weighted by Crippen LogP contribution is -2.26. The van der Waals surface area contributed by atoms with E-state index in [0.29, 0.717) is 5.92 Å². The monoisotopic (exact) mass is 170 g/mol. The van der Waals surface area contributed by atoms with Gasteiger partial charge in [0.2, 0.25) is 0 Å². The molecule has 0 aromatic rings. The van der Waals surface area contributed by atoms with Crippen LogP contribution < -0.4 is 11.1 Å². The number of rotatable bonds is 7. The molecule has 0 heterocycles. The van der Waals surface area contributed by atoms with E-state index >= 15 is 0 Å². The SMILES string of the molecule is CC(CN)CNCCCC1CC1. The Balaban J connectivity index is 1.75. The van der Waals surface area contributed by atoms with Crippen molar-refractivity contribution in [3.8, 4) is 0 Å². The quantitative estimate of drug-likeness (QED) is 0.566. The first-order chi connectivity index (χ1) is 5.83. The summed E-state index contributed by atoms with van der Waals surface area (Å²) in [5.41, 5.74) is 5.50. The van der Waals surface area contributed by atoms with Crippen molar-refractivity contribution < 1.29 is 0 Å². The Kier molecular flexibility index (Phi) is 4.62. The van der Waals surface area contributed by atoms with E-state index in [1.807, 2.05) is 0 Å². The molecular formula is C10H22N2. The second kappa shape index (κ2) is 5.55. The summed E-state index contributed by atoms with van der Waals surface area (Å²) in [5.74, 6) is 1.71. The van der Waals surface area contributed by atoms with Crippen molar-refractivity contribution in [2.75, 3.05) is 19.6 Å². The summed E-state index contributed by atoms with van der Waals surface area (Å²) in [4.78, 5) is 0. The fourth-order valence-corrected chi connectivity index (χ4v) is 1.35. The molecule has 2 heteroatoms. The van der Waals surface area contributed by atoms with E-state index < -0.39 is 0 Å². The van der Waals surface area contributed by atoms with Crippen molar-refractivity contribution in [3.63, 3.8) is 0 Å². The van der Waals surface area contributed by atoms with Gasteiger partial charge >= 0.3 is 0 Å². The third-order valence-corrected chi connectivity index (χ3v) is 2.56. The maximum absolute atomic E-state index is 5.50. The topological polar surface area (TPSA) is 38.0 Å². The van der Waals surface area contributed by atoms with E-state index in [0.717, 1.165) is 19.0 Å². The molecule has 1 unspecified atom stereocenters. The molecule has 0 aliphatic heterocycles. The molecule has 1 aliphatic carbocycles. The molecule has 2 nitrogen and oxygen atoms in total. The molecule has 0 aromatic heterocycles. The molecule has 3 N–H and O–H groups in total. The van der Waals surface area contributed by atoms with E-state index in [4.69, 9.17) is 5.73 Å². The fourth-order valence-electron chi connectivity index (χ4n) is 1.35. The molecule has 0 bridgehead atoms. The maximum Gasteiger partial charge on any atom is -0.00111 e. The molecule has 1 fully saturated rings. The molecule has 1 rings (SSSR count). The molecule has 0 radical (unpaired) electrons. The van der Waals surface area contributed by atoms with Gasteiger partial charge in [-0.15, -0.1) is 0 Å². The Morgan fingerprint density at radius 2 is 2.25 bits per heavy atom. The van der Waals surface area contributed by atoms with Crippen molar-refractivity contribution in [3.05, 3.63) is 0 Å². The second-order valence-electron chi connectivity index (χ2n) is 4.13. The van der Waals surface area contributed by atoms with Crippen LogP contribution in [-0.4, -0.2) is 19.6 Å². The predicted octanol–water partition coefficient (Wildman–Crippen LogP) is 1.36. The molecule has 0 amide bonds. The summed E-state index contributed by atoms with van der Waals surface area (Å²) in [5, 5.41) is 3.44. The van der Waals surface area contributed by atoms with Gasteiger partial charge < -0.3 is 11.1 Å². The van der Waals surface area contributed by atoms with E-state index in [1.165, 1.54) is 32.2 Å². The fraction of sp³-hybridized carbons (Fsp3) is 1.00. The first-order valence-electron chi connectivity index (χ1n) is 5.23. The lowest BCUT2D eigenvalue weighted by molar-refractivity contribution is 0.505. The summed E-state index contributed by atoms with van der Waals surface area (Å²) < 4.78 is 0. The normalized spacial score (nSPS) is 19.5. The van der Waals surface area contributed by atoms with Crippen LogP contribution in [0.5, 0.6) is 0 Å². The summed E-state index contributed by atoms with van der Waals surface area (Å²) in [6.45, 7) is 5.26. The van der Waals surface area contributed by atoms with Crippen LogP contribution in [0, 0.1) is 11.8 Å². The van der Waals surface area contributed by atoms with E-state index in [2.05, 4.69) is 12.2 Å². The standard InChI is InChI=1S/C10H22N2/c1-9(7-11)8-12-6-2-3-10-4-5-10/h9-10,12H,2-8,11H2,1H3. The number of nitrogens with one attached hydrogen (secondary N) is 1. The molecular weight excluding hydrogens is 148 g/mol. The van der Waals surface area contributed by atoms with Crippen molar-refractivity contribution in [2.24, 2.45) is 17.6 Å². The Bertz CT molecular complexity index is 110. The average molecular weight is 170 g/mol. The summed E-state index contributed by atoms with van der Waals surface area (Å²) in [7, 11) is 0. The van der Waals surface area contributed by atoms with Crippen LogP contribution in [0.15, 0.2) is 0 Å². The van der Waals surface area contributed by atoms with Gasteiger partial charge in [-0.1, -0.05) is 19.8 Å². The molecule has 1 atom stereocenters. The molecule has 0 aromatic carbocycles. The van der Waals surface area contributed by atoms with Gasteiger partial charge in [-0.2, -0.15) is 0 Å². The Labute approximate surface area is 75.9 Å². The van der Waals surface area contributed by atoms with Crippen LogP contribution in [0.3, 0.4) is 0 Å². The van der Waals surface area contributed by atoms with Crippen LogP contribution >= 0.6 is 0 Å².